The fraction of sp³-hybridized carbons (Fsp3) is 0.0769. The zero-order valence-corrected chi connectivity index (χ0v) is 9.71. The molecule has 0 aliphatic rings. The van der Waals surface area contributed by atoms with Crippen molar-refractivity contribution in [3.8, 4) is 22.9 Å². The van der Waals surface area contributed by atoms with Crippen molar-refractivity contribution in [3.63, 3.8) is 0 Å². The van der Waals surface area contributed by atoms with Crippen LogP contribution in [0.5, 0.6) is 11.5 Å². The SMILES string of the molecule is COc1ccc(-c2nc3ncccc3[nH]2)cc1O. The van der Waals surface area contributed by atoms with E-state index < -0.39 is 0 Å². The number of phenolic OH excluding ortho intramolecular Hbond substituents is 1. The highest BCUT2D eigenvalue weighted by atomic mass is 16.5. The molecule has 3 aromatic rings. The van der Waals surface area contributed by atoms with Gasteiger partial charge in [0.15, 0.2) is 17.1 Å². The first-order valence-electron chi connectivity index (χ1n) is 5.46. The summed E-state index contributed by atoms with van der Waals surface area (Å²) in [6.07, 6.45) is 1.69. The zero-order chi connectivity index (χ0) is 12.5. The minimum absolute atomic E-state index is 0.0865. The smallest absolute Gasteiger partial charge is 0.178 e. The monoisotopic (exact) mass is 241 g/mol. The molecule has 0 amide bonds. The number of fused-ring (bicyclic) bond motifs is 1. The summed E-state index contributed by atoms with van der Waals surface area (Å²) < 4.78 is 5.00. The highest BCUT2D eigenvalue weighted by molar-refractivity contribution is 5.76. The molecule has 0 spiro atoms. The van der Waals surface area contributed by atoms with Crippen molar-refractivity contribution in [2.45, 2.75) is 0 Å². The lowest BCUT2D eigenvalue weighted by Gasteiger charge is -2.04. The Morgan fingerprint density at radius 2 is 2.17 bits per heavy atom. The number of pyridine rings is 1. The van der Waals surface area contributed by atoms with Crippen LogP contribution in [0.1, 0.15) is 0 Å². The topological polar surface area (TPSA) is 71.0 Å². The Kier molecular flexibility index (Phi) is 2.37. The molecule has 3 rings (SSSR count). The van der Waals surface area contributed by atoms with E-state index in [0.717, 1.165) is 11.1 Å². The van der Waals surface area contributed by atoms with Gasteiger partial charge < -0.3 is 14.8 Å². The number of aromatic hydroxyl groups is 1. The maximum absolute atomic E-state index is 9.75. The number of imidazole rings is 1. The highest BCUT2D eigenvalue weighted by Gasteiger charge is 2.08. The van der Waals surface area contributed by atoms with Gasteiger partial charge in [-0.2, -0.15) is 0 Å². The lowest BCUT2D eigenvalue weighted by molar-refractivity contribution is 0.373. The van der Waals surface area contributed by atoms with Gasteiger partial charge in [0, 0.05) is 11.8 Å². The summed E-state index contributed by atoms with van der Waals surface area (Å²) in [6.45, 7) is 0. The molecule has 5 heteroatoms. The van der Waals surface area contributed by atoms with E-state index in [2.05, 4.69) is 15.0 Å². The quantitative estimate of drug-likeness (QED) is 0.722. The first kappa shape index (κ1) is 10.6. The Labute approximate surface area is 103 Å². The molecule has 0 aliphatic heterocycles. The van der Waals surface area contributed by atoms with Gasteiger partial charge in [-0.05, 0) is 30.3 Å². The molecule has 90 valence electrons. The second-order valence-electron chi connectivity index (χ2n) is 3.85. The second-order valence-corrected chi connectivity index (χ2v) is 3.85. The molecule has 0 saturated carbocycles. The number of phenols is 1. The number of aromatic amines is 1. The normalized spacial score (nSPS) is 10.7. The average molecular weight is 241 g/mol. The first-order chi connectivity index (χ1) is 8.78. The molecular weight excluding hydrogens is 230 g/mol. The molecule has 0 aliphatic carbocycles. The van der Waals surface area contributed by atoms with Crippen molar-refractivity contribution >= 4 is 11.2 Å². The predicted molar refractivity (Wildman–Crippen MR) is 67.5 cm³/mol. The van der Waals surface area contributed by atoms with Crippen LogP contribution in [-0.2, 0) is 0 Å². The minimum atomic E-state index is 0.0865. The lowest BCUT2D eigenvalue weighted by Crippen LogP contribution is -1.85. The Bertz CT molecular complexity index is 673. The van der Waals surface area contributed by atoms with E-state index in [1.807, 2.05) is 18.2 Å². The second kappa shape index (κ2) is 4.03. The molecule has 2 heterocycles. The van der Waals surface area contributed by atoms with Crippen LogP contribution in [0.15, 0.2) is 36.5 Å². The third-order valence-electron chi connectivity index (χ3n) is 2.71. The van der Waals surface area contributed by atoms with Crippen molar-refractivity contribution in [2.24, 2.45) is 0 Å². The molecule has 18 heavy (non-hydrogen) atoms. The molecule has 0 bridgehead atoms. The minimum Gasteiger partial charge on any atom is -0.504 e. The van der Waals surface area contributed by atoms with Crippen LogP contribution in [0.3, 0.4) is 0 Å². The number of hydrogen-bond acceptors (Lipinski definition) is 4. The summed E-state index contributed by atoms with van der Waals surface area (Å²) in [5, 5.41) is 9.75. The van der Waals surface area contributed by atoms with Crippen LogP contribution in [0, 0.1) is 0 Å². The zero-order valence-electron chi connectivity index (χ0n) is 9.71. The summed E-state index contributed by atoms with van der Waals surface area (Å²) in [6, 6.07) is 8.89. The number of methoxy groups -OCH3 is 1. The Morgan fingerprint density at radius 1 is 1.28 bits per heavy atom. The maximum Gasteiger partial charge on any atom is 0.178 e. The van der Waals surface area contributed by atoms with Gasteiger partial charge in [-0.25, -0.2) is 9.97 Å². The van der Waals surface area contributed by atoms with E-state index in [4.69, 9.17) is 4.74 Å². The summed E-state index contributed by atoms with van der Waals surface area (Å²) in [7, 11) is 1.51. The van der Waals surface area contributed by atoms with E-state index in [0.29, 0.717) is 17.2 Å². The summed E-state index contributed by atoms with van der Waals surface area (Å²) in [5.41, 5.74) is 2.30. The van der Waals surface area contributed by atoms with Crippen molar-refractivity contribution in [3.05, 3.63) is 36.5 Å². The summed E-state index contributed by atoms with van der Waals surface area (Å²) in [5.74, 6) is 1.19. The van der Waals surface area contributed by atoms with E-state index in [9.17, 15) is 5.11 Å². The molecule has 5 nitrogen and oxygen atoms in total. The largest absolute Gasteiger partial charge is 0.504 e. The molecule has 1 aromatic carbocycles. The van der Waals surface area contributed by atoms with Gasteiger partial charge in [0.25, 0.3) is 0 Å². The van der Waals surface area contributed by atoms with Gasteiger partial charge in [0.2, 0.25) is 0 Å². The van der Waals surface area contributed by atoms with E-state index in [-0.39, 0.29) is 5.75 Å². The van der Waals surface area contributed by atoms with E-state index in [1.165, 1.54) is 7.11 Å². The van der Waals surface area contributed by atoms with Gasteiger partial charge in [0.05, 0.1) is 12.6 Å². The Hall–Kier alpha value is -2.56. The number of rotatable bonds is 2. The van der Waals surface area contributed by atoms with Crippen molar-refractivity contribution in [2.75, 3.05) is 7.11 Å². The van der Waals surface area contributed by atoms with Crippen molar-refractivity contribution in [1.29, 1.82) is 0 Å². The predicted octanol–water partition coefficient (Wildman–Crippen LogP) is 2.34. The van der Waals surface area contributed by atoms with E-state index >= 15 is 0 Å². The van der Waals surface area contributed by atoms with Crippen LogP contribution in [0.2, 0.25) is 0 Å². The van der Waals surface area contributed by atoms with Crippen molar-refractivity contribution in [1.82, 2.24) is 15.0 Å². The molecule has 0 radical (unpaired) electrons. The third-order valence-corrected chi connectivity index (χ3v) is 2.71. The molecular formula is C13H11N3O2. The van der Waals surface area contributed by atoms with Gasteiger partial charge in [-0.15, -0.1) is 0 Å². The third kappa shape index (κ3) is 1.66. The highest BCUT2D eigenvalue weighted by Crippen LogP contribution is 2.30. The van der Waals surface area contributed by atoms with Gasteiger partial charge in [0.1, 0.15) is 5.82 Å². The fourth-order valence-electron chi connectivity index (χ4n) is 1.82. The number of H-pyrrole nitrogens is 1. The number of hydrogen-bond donors (Lipinski definition) is 2. The Balaban J connectivity index is 2.11. The molecule has 0 atom stereocenters. The summed E-state index contributed by atoms with van der Waals surface area (Å²) >= 11 is 0. The van der Waals surface area contributed by atoms with E-state index in [1.54, 1.807) is 18.3 Å². The Morgan fingerprint density at radius 3 is 2.89 bits per heavy atom. The fourth-order valence-corrected chi connectivity index (χ4v) is 1.82. The van der Waals surface area contributed by atoms with Crippen LogP contribution in [0.25, 0.3) is 22.6 Å². The van der Waals surface area contributed by atoms with Crippen LogP contribution < -0.4 is 4.74 Å². The number of aromatic nitrogens is 3. The standard InChI is InChI=1S/C13H11N3O2/c1-18-11-5-4-8(7-10(11)17)12-15-9-3-2-6-14-13(9)16-12/h2-7,17H,1H3,(H,14,15,16). The lowest BCUT2D eigenvalue weighted by atomic mass is 10.2. The molecule has 2 N–H and O–H groups in total. The van der Waals surface area contributed by atoms with Crippen LogP contribution >= 0.6 is 0 Å². The molecule has 0 fully saturated rings. The van der Waals surface area contributed by atoms with Crippen LogP contribution in [0.4, 0.5) is 0 Å². The molecule has 0 saturated heterocycles. The number of benzene rings is 1. The van der Waals surface area contributed by atoms with Gasteiger partial charge in [-0.1, -0.05) is 0 Å². The maximum atomic E-state index is 9.75. The summed E-state index contributed by atoms with van der Waals surface area (Å²) in [4.78, 5) is 11.7. The molecule has 0 unspecified atom stereocenters. The first-order valence-corrected chi connectivity index (χ1v) is 5.46. The van der Waals surface area contributed by atoms with Gasteiger partial charge in [-0.3, -0.25) is 0 Å². The molecule has 2 aromatic heterocycles. The number of nitrogens with one attached hydrogen (secondary N) is 1. The average Bonchev–Trinajstić information content (AvgIpc) is 2.82. The number of ether oxygens (including phenoxy) is 1. The van der Waals surface area contributed by atoms with Crippen molar-refractivity contribution < 1.29 is 9.84 Å². The van der Waals surface area contributed by atoms with Gasteiger partial charge >= 0.3 is 0 Å². The number of nitrogens with zero attached hydrogens (tertiary/aromatic N) is 2. The van der Waals surface area contributed by atoms with Crippen LogP contribution in [-0.4, -0.2) is 27.2 Å².